The summed E-state index contributed by atoms with van der Waals surface area (Å²) in [5.74, 6) is 2.44. The molecule has 4 nitrogen and oxygen atoms in total. The van der Waals surface area contributed by atoms with E-state index >= 15 is 0 Å². The molecule has 2 aliphatic rings. The summed E-state index contributed by atoms with van der Waals surface area (Å²) >= 11 is 0. The second-order valence-electron chi connectivity index (χ2n) is 10.4. The highest BCUT2D eigenvalue weighted by Gasteiger charge is 2.34. The SMILES string of the molecule is CC1CCC(C(C)C)C(OC(=O)C=C=CCC(=O)OC2CC(C)CCC2C(C)C)C1. The fourth-order valence-corrected chi connectivity index (χ4v) is 5.17. The summed E-state index contributed by atoms with van der Waals surface area (Å²) < 4.78 is 11.5. The van der Waals surface area contributed by atoms with Gasteiger partial charge in [0.15, 0.2) is 0 Å². The molecule has 0 bridgehead atoms. The highest BCUT2D eigenvalue weighted by molar-refractivity contribution is 5.82. The average molecular weight is 419 g/mol. The Morgan fingerprint density at radius 3 is 1.87 bits per heavy atom. The highest BCUT2D eigenvalue weighted by Crippen LogP contribution is 2.36. The number of hydrogen-bond donors (Lipinski definition) is 0. The Bertz CT molecular complexity index is 629. The van der Waals surface area contributed by atoms with E-state index in [4.69, 9.17) is 9.47 Å². The number of hydrogen-bond acceptors (Lipinski definition) is 4. The van der Waals surface area contributed by atoms with Gasteiger partial charge in [-0.3, -0.25) is 4.79 Å². The van der Waals surface area contributed by atoms with E-state index < -0.39 is 0 Å². The van der Waals surface area contributed by atoms with Crippen molar-refractivity contribution in [3.05, 3.63) is 17.9 Å². The molecule has 2 aliphatic carbocycles. The molecule has 2 rings (SSSR count). The lowest BCUT2D eigenvalue weighted by atomic mass is 9.75. The van der Waals surface area contributed by atoms with Crippen LogP contribution in [0.3, 0.4) is 0 Å². The van der Waals surface area contributed by atoms with Crippen LogP contribution in [-0.4, -0.2) is 24.1 Å². The van der Waals surface area contributed by atoms with Gasteiger partial charge in [-0.1, -0.05) is 54.4 Å². The predicted octanol–water partition coefficient (Wildman–Crippen LogP) is 6.10. The Labute approximate surface area is 183 Å². The van der Waals surface area contributed by atoms with Crippen LogP contribution in [0.1, 0.15) is 86.5 Å². The molecule has 0 N–H and O–H groups in total. The summed E-state index contributed by atoms with van der Waals surface area (Å²) in [7, 11) is 0. The summed E-state index contributed by atoms with van der Waals surface area (Å²) in [6.45, 7) is 13.2. The molecule has 6 atom stereocenters. The Morgan fingerprint density at radius 1 is 0.867 bits per heavy atom. The lowest BCUT2D eigenvalue weighted by molar-refractivity contribution is -0.155. The molecule has 6 unspecified atom stereocenters. The topological polar surface area (TPSA) is 52.6 Å². The van der Waals surface area contributed by atoms with Gasteiger partial charge in [0.25, 0.3) is 0 Å². The molecule has 0 aromatic rings. The summed E-state index contributed by atoms with van der Waals surface area (Å²) in [5, 5.41) is 0. The lowest BCUT2D eigenvalue weighted by Crippen LogP contribution is -2.35. The first kappa shape index (κ1) is 24.7. The second kappa shape index (κ2) is 11.7. The van der Waals surface area contributed by atoms with Gasteiger partial charge in [-0.15, -0.1) is 5.73 Å². The van der Waals surface area contributed by atoms with Crippen LogP contribution in [0.2, 0.25) is 0 Å². The zero-order valence-electron chi connectivity index (χ0n) is 19.9. The number of rotatable bonds is 7. The molecule has 0 spiro atoms. The van der Waals surface area contributed by atoms with E-state index in [1.807, 2.05) is 0 Å². The Hall–Kier alpha value is -1.54. The normalized spacial score (nSPS) is 31.7. The molecule has 0 saturated heterocycles. The number of esters is 2. The van der Waals surface area contributed by atoms with E-state index in [2.05, 4.69) is 47.3 Å². The van der Waals surface area contributed by atoms with Crippen molar-refractivity contribution < 1.29 is 19.1 Å². The molecule has 2 fully saturated rings. The van der Waals surface area contributed by atoms with E-state index in [-0.39, 0.29) is 30.6 Å². The van der Waals surface area contributed by atoms with Gasteiger partial charge in [0.1, 0.15) is 12.2 Å². The van der Waals surface area contributed by atoms with Crippen LogP contribution in [0, 0.1) is 35.5 Å². The third-order valence-electron chi connectivity index (χ3n) is 7.06. The summed E-state index contributed by atoms with van der Waals surface area (Å²) in [6, 6.07) is 0. The van der Waals surface area contributed by atoms with Gasteiger partial charge in [0.05, 0.1) is 12.5 Å². The van der Waals surface area contributed by atoms with E-state index in [0.29, 0.717) is 35.5 Å². The van der Waals surface area contributed by atoms with E-state index in [1.54, 1.807) is 6.08 Å². The largest absolute Gasteiger partial charge is 0.462 e. The number of ether oxygens (including phenoxy) is 2. The molecule has 0 heterocycles. The van der Waals surface area contributed by atoms with Crippen LogP contribution in [0.25, 0.3) is 0 Å². The Kier molecular flexibility index (Phi) is 9.68. The minimum atomic E-state index is -0.370. The summed E-state index contributed by atoms with van der Waals surface area (Å²) in [4.78, 5) is 24.5. The minimum absolute atomic E-state index is 0.00449. The Balaban J connectivity index is 1.83. The fourth-order valence-electron chi connectivity index (χ4n) is 5.17. The maximum atomic E-state index is 12.3. The van der Waals surface area contributed by atoms with Crippen LogP contribution in [0.15, 0.2) is 17.9 Å². The van der Waals surface area contributed by atoms with Gasteiger partial charge in [-0.25, -0.2) is 4.79 Å². The molecule has 30 heavy (non-hydrogen) atoms. The predicted molar refractivity (Wildman–Crippen MR) is 120 cm³/mol. The minimum Gasteiger partial charge on any atom is -0.462 e. The van der Waals surface area contributed by atoms with Crippen molar-refractivity contribution >= 4 is 11.9 Å². The number of carbonyl (C=O) groups excluding carboxylic acids is 2. The smallest absolute Gasteiger partial charge is 0.338 e. The van der Waals surface area contributed by atoms with Crippen LogP contribution in [0.5, 0.6) is 0 Å². The van der Waals surface area contributed by atoms with E-state index in [9.17, 15) is 9.59 Å². The third-order valence-corrected chi connectivity index (χ3v) is 7.06. The van der Waals surface area contributed by atoms with Crippen molar-refractivity contribution in [2.45, 2.75) is 98.7 Å². The van der Waals surface area contributed by atoms with Crippen LogP contribution in [-0.2, 0) is 19.1 Å². The maximum absolute atomic E-state index is 12.3. The van der Waals surface area contributed by atoms with Gasteiger partial charge in [-0.2, -0.15) is 0 Å². The van der Waals surface area contributed by atoms with Crippen LogP contribution >= 0.6 is 0 Å². The quantitative estimate of drug-likeness (QED) is 0.285. The van der Waals surface area contributed by atoms with Crippen molar-refractivity contribution in [1.82, 2.24) is 0 Å². The lowest BCUT2D eigenvalue weighted by Gasteiger charge is -2.36. The molecule has 0 aromatic heterocycles. The van der Waals surface area contributed by atoms with Crippen molar-refractivity contribution in [1.29, 1.82) is 0 Å². The standard InChI is InChI=1S/C26H42O4/c1-17(2)21-13-11-19(5)15-23(21)29-25(27)9-7-8-10-26(28)30-24-16-20(6)12-14-22(24)18(3)4/h7,10,17-24H,9,11-16H2,1-6H3. The van der Waals surface area contributed by atoms with Crippen molar-refractivity contribution in [2.75, 3.05) is 0 Å². The molecular formula is C26H42O4. The zero-order valence-corrected chi connectivity index (χ0v) is 19.9. The summed E-state index contributed by atoms with van der Waals surface area (Å²) in [5.41, 5.74) is 2.82. The molecule has 0 aliphatic heterocycles. The van der Waals surface area contributed by atoms with Crippen LogP contribution < -0.4 is 0 Å². The van der Waals surface area contributed by atoms with Gasteiger partial charge >= 0.3 is 11.9 Å². The third kappa shape index (κ3) is 7.61. The average Bonchev–Trinajstić information content (AvgIpc) is 2.65. The zero-order chi connectivity index (χ0) is 22.3. The van der Waals surface area contributed by atoms with Crippen molar-refractivity contribution in [3.8, 4) is 0 Å². The van der Waals surface area contributed by atoms with Gasteiger partial charge in [0.2, 0.25) is 0 Å². The first-order valence-corrected chi connectivity index (χ1v) is 12.0. The molecular weight excluding hydrogens is 376 g/mol. The van der Waals surface area contributed by atoms with E-state index in [1.165, 1.54) is 18.9 Å². The highest BCUT2D eigenvalue weighted by atomic mass is 16.5. The molecule has 2 saturated carbocycles. The van der Waals surface area contributed by atoms with Gasteiger partial charge in [0, 0.05) is 0 Å². The van der Waals surface area contributed by atoms with Crippen molar-refractivity contribution in [2.24, 2.45) is 35.5 Å². The molecule has 4 heteroatoms. The van der Waals surface area contributed by atoms with Crippen molar-refractivity contribution in [3.63, 3.8) is 0 Å². The first-order chi connectivity index (χ1) is 14.2. The molecule has 170 valence electrons. The van der Waals surface area contributed by atoms with Gasteiger partial charge < -0.3 is 9.47 Å². The van der Waals surface area contributed by atoms with Gasteiger partial charge in [-0.05, 0) is 67.3 Å². The van der Waals surface area contributed by atoms with E-state index in [0.717, 1.165) is 25.7 Å². The van der Waals surface area contributed by atoms with Crippen LogP contribution in [0.4, 0.5) is 0 Å². The number of carbonyl (C=O) groups is 2. The Morgan fingerprint density at radius 2 is 1.37 bits per heavy atom. The second-order valence-corrected chi connectivity index (χ2v) is 10.4. The maximum Gasteiger partial charge on any atom is 0.338 e. The molecule has 0 amide bonds. The molecule has 0 aromatic carbocycles. The molecule has 0 radical (unpaired) electrons. The monoisotopic (exact) mass is 418 g/mol. The fraction of sp³-hybridized carbons (Fsp3) is 0.808. The first-order valence-electron chi connectivity index (χ1n) is 12.0. The summed E-state index contributed by atoms with van der Waals surface area (Å²) in [6.07, 6.45) is 9.50.